The standard InChI is InChI=1S/C26H18N4/c1-4-11-24-20(8-1)21-9-2-5-12-25(21)30(24)26-13-6-3-10-22(26)23-15-14-19(18-27-23)29-17-7-16-28-29/h1-18H. The van der Waals surface area contributed by atoms with Crippen LogP contribution in [0.5, 0.6) is 0 Å². The average molecular weight is 386 g/mol. The molecule has 0 unspecified atom stereocenters. The van der Waals surface area contributed by atoms with Crippen molar-refractivity contribution in [2.24, 2.45) is 0 Å². The van der Waals surface area contributed by atoms with Crippen molar-refractivity contribution in [1.82, 2.24) is 19.3 Å². The highest BCUT2D eigenvalue weighted by molar-refractivity contribution is 6.09. The number of aromatic nitrogens is 4. The number of hydrogen-bond donors (Lipinski definition) is 0. The summed E-state index contributed by atoms with van der Waals surface area (Å²) in [5, 5.41) is 6.80. The first kappa shape index (κ1) is 16.7. The molecule has 0 amide bonds. The highest BCUT2D eigenvalue weighted by Crippen LogP contribution is 2.35. The summed E-state index contributed by atoms with van der Waals surface area (Å²) >= 11 is 0. The van der Waals surface area contributed by atoms with Gasteiger partial charge in [0.05, 0.1) is 34.3 Å². The van der Waals surface area contributed by atoms with Crippen LogP contribution in [0.3, 0.4) is 0 Å². The zero-order valence-corrected chi connectivity index (χ0v) is 16.2. The molecule has 3 aromatic carbocycles. The SMILES string of the molecule is c1ccc(-n2c3ccccc3c3ccccc32)c(-c2ccc(-n3cccn3)cn2)c1. The monoisotopic (exact) mass is 386 g/mol. The number of para-hydroxylation sites is 3. The molecule has 6 rings (SSSR count). The molecule has 0 saturated heterocycles. The molecule has 0 N–H and O–H groups in total. The van der Waals surface area contributed by atoms with Gasteiger partial charge in [-0.1, -0.05) is 54.6 Å². The van der Waals surface area contributed by atoms with Gasteiger partial charge in [-0.3, -0.25) is 4.98 Å². The summed E-state index contributed by atoms with van der Waals surface area (Å²) in [6, 6.07) is 31.6. The Balaban J connectivity index is 1.58. The van der Waals surface area contributed by atoms with E-state index in [1.165, 1.54) is 21.8 Å². The maximum Gasteiger partial charge on any atom is 0.0829 e. The maximum atomic E-state index is 4.76. The molecule has 0 radical (unpaired) electrons. The van der Waals surface area contributed by atoms with E-state index in [0.29, 0.717) is 0 Å². The minimum absolute atomic E-state index is 0.934. The molecule has 142 valence electrons. The quantitative estimate of drug-likeness (QED) is 0.372. The van der Waals surface area contributed by atoms with E-state index >= 15 is 0 Å². The molecule has 30 heavy (non-hydrogen) atoms. The van der Waals surface area contributed by atoms with E-state index < -0.39 is 0 Å². The van der Waals surface area contributed by atoms with Crippen molar-refractivity contribution in [3.63, 3.8) is 0 Å². The number of nitrogens with zero attached hydrogens (tertiary/aromatic N) is 4. The Morgan fingerprint density at radius 1 is 0.633 bits per heavy atom. The summed E-state index contributed by atoms with van der Waals surface area (Å²) in [4.78, 5) is 4.76. The van der Waals surface area contributed by atoms with Gasteiger partial charge in [0.25, 0.3) is 0 Å². The first-order valence-electron chi connectivity index (χ1n) is 9.94. The second kappa shape index (κ2) is 6.71. The zero-order chi connectivity index (χ0) is 19.9. The van der Waals surface area contributed by atoms with E-state index in [-0.39, 0.29) is 0 Å². The molecule has 0 fully saturated rings. The lowest BCUT2D eigenvalue weighted by molar-refractivity contribution is 0.874. The first-order valence-corrected chi connectivity index (χ1v) is 9.94. The lowest BCUT2D eigenvalue weighted by atomic mass is 10.1. The van der Waals surface area contributed by atoms with E-state index in [2.05, 4.69) is 94.6 Å². The van der Waals surface area contributed by atoms with Gasteiger partial charge in [-0.05, 0) is 36.4 Å². The second-order valence-electron chi connectivity index (χ2n) is 7.24. The molecular weight excluding hydrogens is 368 g/mol. The van der Waals surface area contributed by atoms with Gasteiger partial charge in [-0.2, -0.15) is 5.10 Å². The average Bonchev–Trinajstić information content (AvgIpc) is 3.46. The van der Waals surface area contributed by atoms with Gasteiger partial charge in [0, 0.05) is 28.7 Å². The van der Waals surface area contributed by atoms with Crippen LogP contribution in [0.2, 0.25) is 0 Å². The van der Waals surface area contributed by atoms with Crippen LogP contribution < -0.4 is 0 Å². The Labute approximate surface area is 173 Å². The van der Waals surface area contributed by atoms with Crippen molar-refractivity contribution in [3.05, 3.63) is 110 Å². The predicted molar refractivity (Wildman–Crippen MR) is 121 cm³/mol. The highest BCUT2D eigenvalue weighted by Gasteiger charge is 2.15. The Morgan fingerprint density at radius 3 is 2.00 bits per heavy atom. The van der Waals surface area contributed by atoms with Gasteiger partial charge in [0.15, 0.2) is 0 Å². The topological polar surface area (TPSA) is 35.6 Å². The van der Waals surface area contributed by atoms with Crippen molar-refractivity contribution >= 4 is 21.8 Å². The first-order chi connectivity index (χ1) is 14.9. The smallest absolute Gasteiger partial charge is 0.0829 e. The second-order valence-corrected chi connectivity index (χ2v) is 7.24. The third kappa shape index (κ3) is 2.54. The van der Waals surface area contributed by atoms with Crippen LogP contribution in [-0.4, -0.2) is 19.3 Å². The Hall–Kier alpha value is -4.18. The molecule has 0 atom stereocenters. The summed E-state index contributed by atoms with van der Waals surface area (Å²) in [5.74, 6) is 0. The Bertz CT molecular complexity index is 1420. The van der Waals surface area contributed by atoms with Gasteiger partial charge in [0.1, 0.15) is 0 Å². The molecule has 6 aromatic rings. The van der Waals surface area contributed by atoms with Crippen LogP contribution in [0.1, 0.15) is 0 Å². The van der Waals surface area contributed by atoms with Crippen molar-refractivity contribution < 1.29 is 0 Å². The number of benzene rings is 3. The molecular formula is C26H18N4. The van der Waals surface area contributed by atoms with Crippen LogP contribution in [0, 0.1) is 0 Å². The van der Waals surface area contributed by atoms with Crippen molar-refractivity contribution in [3.8, 4) is 22.6 Å². The third-order valence-electron chi connectivity index (χ3n) is 5.52. The minimum Gasteiger partial charge on any atom is -0.309 e. The molecule has 0 aliphatic rings. The van der Waals surface area contributed by atoms with Crippen molar-refractivity contribution in [1.29, 1.82) is 0 Å². The summed E-state index contributed by atoms with van der Waals surface area (Å²) in [6.45, 7) is 0. The van der Waals surface area contributed by atoms with Crippen LogP contribution in [0.15, 0.2) is 110 Å². The largest absolute Gasteiger partial charge is 0.309 e. The van der Waals surface area contributed by atoms with Gasteiger partial charge in [-0.15, -0.1) is 0 Å². The zero-order valence-electron chi connectivity index (χ0n) is 16.2. The number of pyridine rings is 1. The Morgan fingerprint density at radius 2 is 1.33 bits per heavy atom. The Kier molecular flexibility index (Phi) is 3.74. The van der Waals surface area contributed by atoms with Crippen LogP contribution in [-0.2, 0) is 0 Å². The van der Waals surface area contributed by atoms with Crippen LogP contribution >= 0.6 is 0 Å². The lowest BCUT2D eigenvalue weighted by Gasteiger charge is -2.13. The molecule has 4 heteroatoms. The molecule has 3 aromatic heterocycles. The van der Waals surface area contributed by atoms with E-state index in [1.807, 2.05) is 23.1 Å². The number of fused-ring (bicyclic) bond motifs is 3. The van der Waals surface area contributed by atoms with Gasteiger partial charge in [-0.25, -0.2) is 4.68 Å². The van der Waals surface area contributed by atoms with Gasteiger partial charge >= 0.3 is 0 Å². The lowest BCUT2D eigenvalue weighted by Crippen LogP contribution is -1.99. The van der Waals surface area contributed by atoms with Crippen molar-refractivity contribution in [2.75, 3.05) is 0 Å². The molecule has 0 aliphatic carbocycles. The van der Waals surface area contributed by atoms with Crippen LogP contribution in [0.4, 0.5) is 0 Å². The summed E-state index contributed by atoms with van der Waals surface area (Å²) in [7, 11) is 0. The molecule has 3 heterocycles. The molecule has 0 aliphatic heterocycles. The van der Waals surface area contributed by atoms with E-state index in [1.54, 1.807) is 6.20 Å². The van der Waals surface area contributed by atoms with Gasteiger partial charge in [0.2, 0.25) is 0 Å². The molecule has 0 saturated carbocycles. The number of rotatable bonds is 3. The van der Waals surface area contributed by atoms with E-state index in [4.69, 9.17) is 4.98 Å². The maximum absolute atomic E-state index is 4.76. The predicted octanol–water partition coefficient (Wildman–Crippen LogP) is 6.03. The molecule has 4 nitrogen and oxygen atoms in total. The fourth-order valence-electron chi connectivity index (χ4n) is 4.17. The number of hydrogen-bond acceptors (Lipinski definition) is 2. The van der Waals surface area contributed by atoms with E-state index in [0.717, 1.165) is 22.6 Å². The van der Waals surface area contributed by atoms with E-state index in [9.17, 15) is 0 Å². The molecule has 0 spiro atoms. The highest BCUT2D eigenvalue weighted by atomic mass is 15.3. The molecule has 0 bridgehead atoms. The van der Waals surface area contributed by atoms with Crippen LogP contribution in [0.25, 0.3) is 44.4 Å². The minimum atomic E-state index is 0.934. The normalized spacial score (nSPS) is 11.3. The fourth-order valence-corrected chi connectivity index (χ4v) is 4.17. The van der Waals surface area contributed by atoms with Crippen molar-refractivity contribution in [2.45, 2.75) is 0 Å². The summed E-state index contributed by atoms with van der Waals surface area (Å²) in [5.41, 5.74) is 6.48. The third-order valence-corrected chi connectivity index (χ3v) is 5.52. The van der Waals surface area contributed by atoms with Gasteiger partial charge < -0.3 is 4.57 Å². The summed E-state index contributed by atoms with van der Waals surface area (Å²) in [6.07, 6.45) is 5.55. The fraction of sp³-hybridized carbons (Fsp3) is 0. The summed E-state index contributed by atoms with van der Waals surface area (Å²) < 4.78 is 4.15.